The first kappa shape index (κ1) is 26.0. The summed E-state index contributed by atoms with van der Waals surface area (Å²) in [5.74, 6) is 0. The van der Waals surface area contributed by atoms with Gasteiger partial charge in [-0.25, -0.2) is 0 Å². The number of hydrogen-bond acceptors (Lipinski definition) is 7. The number of aliphatic hydroxyl groups excluding tert-OH is 3. The summed E-state index contributed by atoms with van der Waals surface area (Å²) in [6.07, 6.45) is -1.18. The molecule has 0 rings (SSSR count). The Balaban J connectivity index is 0. The summed E-state index contributed by atoms with van der Waals surface area (Å²) in [5.41, 5.74) is 0. The van der Waals surface area contributed by atoms with Crippen LogP contribution in [-0.2, 0) is 9.47 Å². The summed E-state index contributed by atoms with van der Waals surface area (Å²) in [6.45, 7) is 14.4. The van der Waals surface area contributed by atoms with Crippen molar-refractivity contribution in [3.05, 3.63) is 0 Å². The molecule has 7 nitrogen and oxygen atoms in total. The Morgan fingerprint density at radius 1 is 0.792 bits per heavy atom. The molecule has 0 amide bonds. The molecule has 148 valence electrons. The van der Waals surface area contributed by atoms with Crippen LogP contribution in [0.5, 0.6) is 0 Å². The zero-order valence-electron chi connectivity index (χ0n) is 16.2. The number of aliphatic hydroxyl groups is 3. The molecule has 0 aliphatic carbocycles. The van der Waals surface area contributed by atoms with Crippen molar-refractivity contribution < 1.29 is 24.8 Å². The fraction of sp³-hybridized carbons (Fsp3) is 1.00. The number of nitrogens with zero attached hydrogens (tertiary/aromatic N) is 1. The summed E-state index contributed by atoms with van der Waals surface area (Å²) in [7, 11) is 0. The van der Waals surface area contributed by atoms with Gasteiger partial charge in [-0.1, -0.05) is 13.8 Å². The standard InChI is InChI=1S/C15H34N2O5.C2H6/c1-13(18)10-16-4-6-21-8-9-22-7-5-17(11-14(2)19)12-15(3)20;1-2/h13-16,18-20H,4-12H2,1-3H3;1-2H3. The Labute approximate surface area is 148 Å². The number of nitrogens with one attached hydrogen (secondary N) is 1. The van der Waals surface area contributed by atoms with Gasteiger partial charge in [-0.2, -0.15) is 0 Å². The zero-order chi connectivity index (χ0) is 18.8. The maximum Gasteiger partial charge on any atom is 0.0701 e. The van der Waals surface area contributed by atoms with Gasteiger partial charge in [0.25, 0.3) is 0 Å². The molecular weight excluding hydrogens is 312 g/mol. The molecular formula is C17H40N2O5. The van der Waals surface area contributed by atoms with Crippen molar-refractivity contribution in [1.82, 2.24) is 10.2 Å². The van der Waals surface area contributed by atoms with Gasteiger partial charge < -0.3 is 30.1 Å². The average Bonchev–Trinajstić information content (AvgIpc) is 2.49. The van der Waals surface area contributed by atoms with E-state index in [1.165, 1.54) is 0 Å². The third-order valence-electron chi connectivity index (χ3n) is 2.83. The van der Waals surface area contributed by atoms with Gasteiger partial charge in [0.15, 0.2) is 0 Å². The third-order valence-corrected chi connectivity index (χ3v) is 2.83. The van der Waals surface area contributed by atoms with E-state index < -0.39 is 12.2 Å². The molecule has 0 spiro atoms. The first-order chi connectivity index (χ1) is 11.4. The van der Waals surface area contributed by atoms with Crippen LogP contribution in [-0.4, -0.2) is 97.7 Å². The Hall–Kier alpha value is -0.280. The van der Waals surface area contributed by atoms with Crippen molar-refractivity contribution in [1.29, 1.82) is 0 Å². The molecule has 24 heavy (non-hydrogen) atoms. The van der Waals surface area contributed by atoms with E-state index in [1.54, 1.807) is 20.8 Å². The highest BCUT2D eigenvalue weighted by atomic mass is 16.5. The van der Waals surface area contributed by atoms with Gasteiger partial charge in [-0.05, 0) is 20.8 Å². The number of ether oxygens (including phenoxy) is 2. The molecule has 0 fully saturated rings. The normalized spacial score (nSPS) is 14.9. The molecule has 0 aliphatic rings. The molecule has 0 bridgehead atoms. The minimum absolute atomic E-state index is 0.338. The van der Waals surface area contributed by atoms with Crippen molar-refractivity contribution >= 4 is 0 Å². The highest BCUT2D eigenvalue weighted by Gasteiger charge is 2.10. The van der Waals surface area contributed by atoms with E-state index in [1.807, 2.05) is 18.7 Å². The summed E-state index contributed by atoms with van der Waals surface area (Å²) in [6, 6.07) is 0. The van der Waals surface area contributed by atoms with Gasteiger partial charge in [-0.15, -0.1) is 0 Å². The fourth-order valence-electron chi connectivity index (χ4n) is 1.98. The van der Waals surface area contributed by atoms with Crippen molar-refractivity contribution in [3.8, 4) is 0 Å². The fourth-order valence-corrected chi connectivity index (χ4v) is 1.98. The topological polar surface area (TPSA) is 94.4 Å². The number of rotatable bonds is 15. The summed E-state index contributed by atoms with van der Waals surface area (Å²) in [5, 5.41) is 30.9. The predicted molar refractivity (Wildman–Crippen MR) is 97.3 cm³/mol. The van der Waals surface area contributed by atoms with Crippen LogP contribution in [0.3, 0.4) is 0 Å². The van der Waals surface area contributed by atoms with Crippen LogP contribution in [0.25, 0.3) is 0 Å². The smallest absolute Gasteiger partial charge is 0.0701 e. The van der Waals surface area contributed by atoms with Gasteiger partial charge in [0.05, 0.1) is 44.7 Å². The van der Waals surface area contributed by atoms with E-state index in [2.05, 4.69) is 5.32 Å². The Morgan fingerprint density at radius 3 is 1.75 bits per heavy atom. The maximum absolute atomic E-state index is 9.41. The Morgan fingerprint density at radius 2 is 1.29 bits per heavy atom. The van der Waals surface area contributed by atoms with Crippen LogP contribution in [0.1, 0.15) is 34.6 Å². The molecule has 7 heteroatoms. The third kappa shape index (κ3) is 21.7. The second-order valence-corrected chi connectivity index (χ2v) is 5.74. The number of hydrogen-bond donors (Lipinski definition) is 4. The lowest BCUT2D eigenvalue weighted by Gasteiger charge is -2.24. The van der Waals surface area contributed by atoms with Crippen molar-refractivity contribution in [2.75, 3.05) is 59.2 Å². The van der Waals surface area contributed by atoms with E-state index in [0.29, 0.717) is 59.2 Å². The van der Waals surface area contributed by atoms with Crippen LogP contribution in [0, 0.1) is 0 Å². The van der Waals surface area contributed by atoms with Gasteiger partial charge in [0, 0.05) is 32.7 Å². The van der Waals surface area contributed by atoms with Gasteiger partial charge in [0.2, 0.25) is 0 Å². The van der Waals surface area contributed by atoms with Gasteiger partial charge in [0.1, 0.15) is 0 Å². The van der Waals surface area contributed by atoms with Crippen LogP contribution in [0.4, 0.5) is 0 Å². The van der Waals surface area contributed by atoms with Gasteiger partial charge in [-0.3, -0.25) is 4.90 Å². The maximum atomic E-state index is 9.41. The quantitative estimate of drug-likeness (QED) is 0.310. The lowest BCUT2D eigenvalue weighted by molar-refractivity contribution is 0.0250. The molecule has 3 atom stereocenters. The lowest BCUT2D eigenvalue weighted by Crippen LogP contribution is -2.38. The molecule has 0 heterocycles. The SMILES string of the molecule is CC.CC(O)CNCCOCCOCCN(CC(C)O)CC(C)O. The molecule has 4 N–H and O–H groups in total. The highest BCUT2D eigenvalue weighted by Crippen LogP contribution is 1.96. The second kappa shape index (κ2) is 19.1. The Bertz CT molecular complexity index is 231. The van der Waals surface area contributed by atoms with E-state index in [4.69, 9.17) is 14.6 Å². The minimum Gasteiger partial charge on any atom is -0.392 e. The second-order valence-electron chi connectivity index (χ2n) is 5.74. The summed E-state index contributed by atoms with van der Waals surface area (Å²) < 4.78 is 10.9. The molecule has 0 aromatic rings. The van der Waals surface area contributed by atoms with E-state index in [-0.39, 0.29) is 6.10 Å². The van der Waals surface area contributed by atoms with Gasteiger partial charge >= 0.3 is 0 Å². The highest BCUT2D eigenvalue weighted by molar-refractivity contribution is 4.64. The first-order valence-corrected chi connectivity index (χ1v) is 9.04. The molecule has 3 unspecified atom stereocenters. The van der Waals surface area contributed by atoms with Crippen LogP contribution in [0.15, 0.2) is 0 Å². The van der Waals surface area contributed by atoms with E-state index in [0.717, 1.165) is 0 Å². The van der Waals surface area contributed by atoms with Crippen molar-refractivity contribution in [2.45, 2.75) is 52.9 Å². The van der Waals surface area contributed by atoms with E-state index in [9.17, 15) is 10.2 Å². The Kier molecular flexibility index (Phi) is 20.6. The monoisotopic (exact) mass is 352 g/mol. The van der Waals surface area contributed by atoms with Crippen molar-refractivity contribution in [3.63, 3.8) is 0 Å². The van der Waals surface area contributed by atoms with Crippen LogP contribution < -0.4 is 5.32 Å². The van der Waals surface area contributed by atoms with Crippen LogP contribution >= 0.6 is 0 Å². The predicted octanol–water partition coefficient (Wildman–Crippen LogP) is 0.0798. The van der Waals surface area contributed by atoms with E-state index >= 15 is 0 Å². The summed E-state index contributed by atoms with van der Waals surface area (Å²) in [4.78, 5) is 1.98. The minimum atomic E-state index is -0.420. The largest absolute Gasteiger partial charge is 0.392 e. The first-order valence-electron chi connectivity index (χ1n) is 9.04. The zero-order valence-corrected chi connectivity index (χ0v) is 16.2. The molecule has 0 saturated carbocycles. The van der Waals surface area contributed by atoms with Crippen LogP contribution in [0.2, 0.25) is 0 Å². The lowest BCUT2D eigenvalue weighted by atomic mass is 10.3. The van der Waals surface area contributed by atoms with Crippen molar-refractivity contribution in [2.24, 2.45) is 0 Å². The molecule has 0 saturated heterocycles. The molecule has 0 aromatic heterocycles. The summed E-state index contributed by atoms with van der Waals surface area (Å²) >= 11 is 0. The molecule has 0 aromatic carbocycles. The molecule has 0 radical (unpaired) electrons. The average molecular weight is 353 g/mol. The molecule has 0 aliphatic heterocycles.